The zero-order valence-corrected chi connectivity index (χ0v) is 16.6. The summed E-state index contributed by atoms with van der Waals surface area (Å²) in [6, 6.07) is 8.37. The molecule has 1 aliphatic rings. The smallest absolute Gasteiger partial charge is 0.273 e. The average Bonchev–Trinajstić information content (AvgIpc) is 3.01. The number of fused-ring (bicyclic) bond motifs is 1. The van der Waals surface area contributed by atoms with Crippen molar-refractivity contribution in [2.45, 2.75) is 32.7 Å². The van der Waals surface area contributed by atoms with E-state index in [1.54, 1.807) is 0 Å². The molecular formula is C19H20BrN3OS. The molecule has 0 spiro atoms. The molecule has 1 aromatic carbocycles. The molecule has 1 fully saturated rings. The van der Waals surface area contributed by atoms with Gasteiger partial charge < -0.3 is 4.90 Å². The molecule has 0 N–H and O–H groups in total. The first-order chi connectivity index (χ1) is 12.1. The van der Waals surface area contributed by atoms with Crippen LogP contribution in [0.15, 0.2) is 38.9 Å². The van der Waals surface area contributed by atoms with Gasteiger partial charge in [-0.2, -0.15) is 0 Å². The van der Waals surface area contributed by atoms with E-state index in [9.17, 15) is 4.79 Å². The quantitative estimate of drug-likeness (QED) is 0.626. The Balaban J connectivity index is 1.85. The molecule has 25 heavy (non-hydrogen) atoms. The Hall–Kier alpha value is -1.66. The SMILES string of the molecule is Cc1ccc(Cn2c(N3CCCCC3)nc3c(Br)csc3c2=O)cc1. The third-order valence-electron chi connectivity index (χ3n) is 4.71. The first kappa shape index (κ1) is 16.8. The van der Waals surface area contributed by atoms with Gasteiger partial charge in [0, 0.05) is 18.5 Å². The van der Waals surface area contributed by atoms with Crippen molar-refractivity contribution in [3.63, 3.8) is 0 Å². The zero-order chi connectivity index (χ0) is 17.4. The Morgan fingerprint density at radius 2 is 1.88 bits per heavy atom. The van der Waals surface area contributed by atoms with Crippen LogP contribution in [-0.2, 0) is 6.54 Å². The molecule has 0 unspecified atom stereocenters. The number of hydrogen-bond donors (Lipinski definition) is 0. The van der Waals surface area contributed by atoms with E-state index in [0.29, 0.717) is 6.54 Å². The first-order valence-corrected chi connectivity index (χ1v) is 10.3. The molecule has 3 heterocycles. The second-order valence-corrected chi connectivity index (χ2v) is 8.33. The second-order valence-electron chi connectivity index (χ2n) is 6.60. The maximum absolute atomic E-state index is 13.2. The molecule has 0 bridgehead atoms. The number of aryl methyl sites for hydroxylation is 1. The Labute approximate surface area is 159 Å². The fourth-order valence-electron chi connectivity index (χ4n) is 3.31. The lowest BCUT2D eigenvalue weighted by Gasteiger charge is -2.29. The van der Waals surface area contributed by atoms with Gasteiger partial charge in [-0.3, -0.25) is 9.36 Å². The molecule has 0 atom stereocenters. The summed E-state index contributed by atoms with van der Waals surface area (Å²) < 4.78 is 3.48. The maximum Gasteiger partial charge on any atom is 0.273 e. The lowest BCUT2D eigenvalue weighted by molar-refractivity contribution is 0.553. The van der Waals surface area contributed by atoms with Crippen molar-refractivity contribution in [1.82, 2.24) is 9.55 Å². The minimum atomic E-state index is 0.0573. The van der Waals surface area contributed by atoms with Gasteiger partial charge in [-0.15, -0.1) is 11.3 Å². The number of halogens is 1. The van der Waals surface area contributed by atoms with E-state index in [1.165, 1.54) is 23.3 Å². The van der Waals surface area contributed by atoms with Crippen LogP contribution >= 0.6 is 27.3 Å². The van der Waals surface area contributed by atoms with Crippen molar-refractivity contribution >= 4 is 43.4 Å². The van der Waals surface area contributed by atoms with Crippen molar-refractivity contribution in [3.8, 4) is 0 Å². The predicted molar refractivity (Wildman–Crippen MR) is 108 cm³/mol. The van der Waals surface area contributed by atoms with Gasteiger partial charge in [0.25, 0.3) is 5.56 Å². The van der Waals surface area contributed by atoms with Gasteiger partial charge in [0.05, 0.1) is 11.0 Å². The summed E-state index contributed by atoms with van der Waals surface area (Å²) in [6.07, 6.45) is 3.57. The summed E-state index contributed by atoms with van der Waals surface area (Å²) in [4.78, 5) is 20.3. The number of piperidine rings is 1. The monoisotopic (exact) mass is 417 g/mol. The molecule has 3 aromatic rings. The van der Waals surface area contributed by atoms with E-state index < -0.39 is 0 Å². The first-order valence-electron chi connectivity index (χ1n) is 8.61. The van der Waals surface area contributed by atoms with Crippen molar-refractivity contribution in [1.29, 1.82) is 0 Å². The molecular weight excluding hydrogens is 398 g/mol. The van der Waals surface area contributed by atoms with E-state index >= 15 is 0 Å². The average molecular weight is 418 g/mol. The highest BCUT2D eigenvalue weighted by molar-refractivity contribution is 9.10. The predicted octanol–water partition coefficient (Wildman–Crippen LogP) is 4.57. The number of aromatic nitrogens is 2. The number of nitrogens with zero attached hydrogens (tertiary/aromatic N) is 3. The van der Waals surface area contributed by atoms with Gasteiger partial charge in [-0.05, 0) is 47.7 Å². The van der Waals surface area contributed by atoms with Gasteiger partial charge in [0.15, 0.2) is 0 Å². The molecule has 0 amide bonds. The minimum Gasteiger partial charge on any atom is -0.342 e. The zero-order valence-electron chi connectivity index (χ0n) is 14.2. The molecule has 4 rings (SSSR count). The van der Waals surface area contributed by atoms with Crippen LogP contribution in [0.4, 0.5) is 5.95 Å². The number of rotatable bonds is 3. The largest absolute Gasteiger partial charge is 0.342 e. The van der Waals surface area contributed by atoms with Gasteiger partial charge in [0.1, 0.15) is 10.2 Å². The van der Waals surface area contributed by atoms with E-state index in [4.69, 9.17) is 4.98 Å². The van der Waals surface area contributed by atoms with Crippen LogP contribution in [0.3, 0.4) is 0 Å². The summed E-state index contributed by atoms with van der Waals surface area (Å²) >= 11 is 5.00. The Morgan fingerprint density at radius 1 is 1.16 bits per heavy atom. The third-order valence-corrected chi connectivity index (χ3v) is 6.58. The molecule has 4 nitrogen and oxygen atoms in total. The maximum atomic E-state index is 13.2. The van der Waals surface area contributed by atoms with Crippen molar-refractivity contribution < 1.29 is 0 Å². The summed E-state index contributed by atoms with van der Waals surface area (Å²) in [5.41, 5.74) is 3.20. The van der Waals surface area contributed by atoms with Crippen LogP contribution in [0, 0.1) is 6.92 Å². The van der Waals surface area contributed by atoms with Gasteiger partial charge in [-0.25, -0.2) is 4.98 Å². The van der Waals surface area contributed by atoms with Crippen LogP contribution in [0.1, 0.15) is 30.4 Å². The summed E-state index contributed by atoms with van der Waals surface area (Å²) in [6.45, 7) is 4.57. The van der Waals surface area contributed by atoms with Crippen molar-refractivity contribution in [2.75, 3.05) is 18.0 Å². The molecule has 0 saturated carbocycles. The van der Waals surface area contributed by atoms with E-state index in [0.717, 1.165) is 52.1 Å². The minimum absolute atomic E-state index is 0.0573. The third kappa shape index (κ3) is 3.25. The Morgan fingerprint density at radius 3 is 2.60 bits per heavy atom. The number of anilines is 1. The lowest BCUT2D eigenvalue weighted by Crippen LogP contribution is -2.36. The van der Waals surface area contributed by atoms with Crippen molar-refractivity contribution in [2.24, 2.45) is 0 Å². The topological polar surface area (TPSA) is 38.1 Å². The highest BCUT2D eigenvalue weighted by Gasteiger charge is 2.21. The fraction of sp³-hybridized carbons (Fsp3) is 0.368. The van der Waals surface area contributed by atoms with Crippen LogP contribution in [-0.4, -0.2) is 22.6 Å². The van der Waals surface area contributed by atoms with Crippen LogP contribution in [0.25, 0.3) is 10.2 Å². The summed E-state index contributed by atoms with van der Waals surface area (Å²) in [5.74, 6) is 0.803. The van der Waals surface area contributed by atoms with Gasteiger partial charge >= 0.3 is 0 Å². The second kappa shape index (κ2) is 6.92. The van der Waals surface area contributed by atoms with Crippen LogP contribution in [0.5, 0.6) is 0 Å². The van der Waals surface area contributed by atoms with Gasteiger partial charge in [-0.1, -0.05) is 29.8 Å². The number of benzene rings is 1. The highest BCUT2D eigenvalue weighted by Crippen LogP contribution is 2.29. The normalized spacial score (nSPS) is 15.0. The number of hydrogen-bond acceptors (Lipinski definition) is 4. The molecule has 0 radical (unpaired) electrons. The van der Waals surface area contributed by atoms with Gasteiger partial charge in [0.2, 0.25) is 5.95 Å². The van der Waals surface area contributed by atoms with Crippen molar-refractivity contribution in [3.05, 3.63) is 55.6 Å². The summed E-state index contributed by atoms with van der Waals surface area (Å²) in [5, 5.41) is 1.95. The Bertz CT molecular complexity index is 955. The molecule has 2 aromatic heterocycles. The van der Waals surface area contributed by atoms with E-state index in [2.05, 4.69) is 52.0 Å². The lowest BCUT2D eigenvalue weighted by atomic mass is 10.1. The standard InChI is InChI=1S/C19H20BrN3OS/c1-13-5-7-14(8-6-13)11-23-18(24)17-16(15(20)12-25-17)21-19(23)22-9-3-2-4-10-22/h5-8,12H,2-4,9-11H2,1H3. The van der Waals surface area contributed by atoms with E-state index in [-0.39, 0.29) is 5.56 Å². The highest BCUT2D eigenvalue weighted by atomic mass is 79.9. The molecule has 130 valence electrons. The Kier molecular flexibility index (Phi) is 4.65. The molecule has 0 aliphatic carbocycles. The fourth-order valence-corrected chi connectivity index (χ4v) is 4.82. The molecule has 6 heteroatoms. The summed E-state index contributed by atoms with van der Waals surface area (Å²) in [7, 11) is 0. The van der Waals surface area contributed by atoms with Crippen LogP contribution in [0.2, 0.25) is 0 Å². The molecule has 1 aliphatic heterocycles. The van der Waals surface area contributed by atoms with E-state index in [1.807, 2.05) is 9.95 Å². The van der Waals surface area contributed by atoms with Crippen LogP contribution < -0.4 is 10.5 Å². The molecule has 1 saturated heterocycles. The number of thiophene rings is 1.